The van der Waals surface area contributed by atoms with Crippen LogP contribution >= 0.6 is 0 Å². The van der Waals surface area contributed by atoms with Gasteiger partial charge < -0.3 is 4.90 Å². The number of aryl methyl sites for hydroxylation is 1. The molecule has 10 nitrogen and oxygen atoms in total. The van der Waals surface area contributed by atoms with Crippen LogP contribution in [0.25, 0.3) is 0 Å². The fraction of sp³-hybridized carbons (Fsp3) is 0.235. The molecule has 3 rings (SSSR count). The Hall–Kier alpha value is -3.34. The molecule has 2 aromatic rings. The first-order chi connectivity index (χ1) is 13.1. The first-order valence-electron chi connectivity index (χ1n) is 8.16. The number of anilines is 1. The average molecular weight is 405 g/mol. The number of non-ortho nitro benzene ring substituents is 2. The van der Waals surface area contributed by atoms with Gasteiger partial charge in [0.1, 0.15) is 0 Å². The zero-order valence-electron chi connectivity index (χ0n) is 14.7. The van der Waals surface area contributed by atoms with Gasteiger partial charge in [0.25, 0.3) is 17.3 Å². The van der Waals surface area contributed by atoms with Gasteiger partial charge in [-0.05, 0) is 36.6 Å². The molecule has 2 aromatic carbocycles. The summed E-state index contributed by atoms with van der Waals surface area (Å²) in [5.74, 6) is -0.625. The van der Waals surface area contributed by atoms with Crippen molar-refractivity contribution in [2.24, 2.45) is 0 Å². The maximum atomic E-state index is 13.0. The zero-order chi connectivity index (χ0) is 20.6. The summed E-state index contributed by atoms with van der Waals surface area (Å²) in [6.07, 6.45) is 2.21. The van der Waals surface area contributed by atoms with Crippen molar-refractivity contribution in [3.63, 3.8) is 0 Å². The minimum Gasteiger partial charge on any atom is -0.308 e. The summed E-state index contributed by atoms with van der Waals surface area (Å²) in [7, 11) is -3.41. The van der Waals surface area contributed by atoms with Gasteiger partial charge in [-0.2, -0.15) is 0 Å². The van der Waals surface area contributed by atoms with Crippen LogP contribution in [0.2, 0.25) is 0 Å². The van der Waals surface area contributed by atoms with Crippen molar-refractivity contribution in [1.29, 1.82) is 0 Å². The van der Waals surface area contributed by atoms with E-state index >= 15 is 0 Å². The molecule has 0 aliphatic carbocycles. The second kappa shape index (κ2) is 7.00. The Kier molecular flexibility index (Phi) is 4.86. The lowest BCUT2D eigenvalue weighted by atomic mass is 10.0. The highest BCUT2D eigenvalue weighted by Gasteiger charge is 2.28. The van der Waals surface area contributed by atoms with E-state index in [1.165, 1.54) is 23.1 Å². The molecule has 1 heterocycles. The Labute approximate surface area is 159 Å². The lowest BCUT2D eigenvalue weighted by molar-refractivity contribution is -0.394. The molecule has 0 spiro atoms. The zero-order valence-corrected chi connectivity index (χ0v) is 15.5. The van der Waals surface area contributed by atoms with Crippen molar-refractivity contribution >= 4 is 32.8 Å². The lowest BCUT2D eigenvalue weighted by Gasteiger charge is -2.29. The number of benzene rings is 2. The Morgan fingerprint density at radius 2 is 1.64 bits per heavy atom. The third-order valence-corrected chi connectivity index (χ3v) is 5.52. The number of nitro benzene ring substituents is 2. The van der Waals surface area contributed by atoms with E-state index in [4.69, 9.17) is 0 Å². The van der Waals surface area contributed by atoms with Crippen LogP contribution in [0.5, 0.6) is 0 Å². The Morgan fingerprint density at radius 1 is 1.04 bits per heavy atom. The number of fused-ring (bicyclic) bond motifs is 1. The average Bonchev–Trinajstić information content (AvgIpc) is 2.65. The number of nitro groups is 2. The molecule has 1 aliphatic heterocycles. The number of nitrogens with zero attached hydrogens (tertiary/aromatic N) is 3. The van der Waals surface area contributed by atoms with Gasteiger partial charge >= 0.3 is 0 Å². The molecule has 0 unspecified atom stereocenters. The highest BCUT2D eigenvalue weighted by Crippen LogP contribution is 2.32. The number of amides is 1. The fourth-order valence-electron chi connectivity index (χ4n) is 3.10. The molecule has 1 aliphatic rings. The number of hydrogen-bond acceptors (Lipinski definition) is 7. The van der Waals surface area contributed by atoms with E-state index in [0.29, 0.717) is 30.6 Å². The van der Waals surface area contributed by atoms with Gasteiger partial charge in [0, 0.05) is 30.6 Å². The molecule has 0 N–H and O–H groups in total. The predicted molar refractivity (Wildman–Crippen MR) is 99.3 cm³/mol. The first kappa shape index (κ1) is 19.4. The van der Waals surface area contributed by atoms with Gasteiger partial charge in [-0.15, -0.1) is 0 Å². The predicted octanol–water partition coefficient (Wildman–Crippen LogP) is 2.50. The first-order valence-corrected chi connectivity index (χ1v) is 10.1. The van der Waals surface area contributed by atoms with Crippen LogP contribution in [-0.4, -0.2) is 37.0 Å². The highest BCUT2D eigenvalue weighted by molar-refractivity contribution is 7.90. The Morgan fingerprint density at radius 3 is 2.18 bits per heavy atom. The summed E-state index contributed by atoms with van der Waals surface area (Å²) >= 11 is 0. The van der Waals surface area contributed by atoms with Gasteiger partial charge in [-0.1, -0.05) is 0 Å². The smallest absolute Gasteiger partial charge is 0.277 e. The second-order valence-electron chi connectivity index (χ2n) is 6.38. The summed E-state index contributed by atoms with van der Waals surface area (Å²) in [6.45, 7) is 0.306. The SMILES string of the molecule is CS(=O)(=O)c1ccc2c(c1)CCCN2C(=O)c1cc([N+](=O)[O-])cc([N+](=O)[O-])c1. The van der Waals surface area contributed by atoms with Gasteiger partial charge in [-0.3, -0.25) is 25.0 Å². The molecule has 0 fully saturated rings. The maximum absolute atomic E-state index is 13.0. The van der Waals surface area contributed by atoms with E-state index in [1.807, 2.05) is 0 Å². The Balaban J connectivity index is 2.06. The normalized spacial score (nSPS) is 13.7. The molecular formula is C17H15N3O7S. The van der Waals surface area contributed by atoms with Crippen molar-refractivity contribution in [3.8, 4) is 0 Å². The van der Waals surface area contributed by atoms with Gasteiger partial charge in [0.2, 0.25) is 0 Å². The van der Waals surface area contributed by atoms with Crippen LogP contribution in [0.1, 0.15) is 22.3 Å². The van der Waals surface area contributed by atoms with Crippen LogP contribution in [0.4, 0.5) is 17.1 Å². The Bertz CT molecular complexity index is 1080. The van der Waals surface area contributed by atoms with Crippen molar-refractivity contribution in [2.45, 2.75) is 17.7 Å². The quantitative estimate of drug-likeness (QED) is 0.562. The molecule has 11 heteroatoms. The molecule has 1 amide bonds. The van der Waals surface area contributed by atoms with Gasteiger partial charge in [0.05, 0.1) is 26.4 Å². The highest BCUT2D eigenvalue weighted by atomic mass is 32.2. The molecule has 146 valence electrons. The van der Waals surface area contributed by atoms with Crippen molar-refractivity contribution in [1.82, 2.24) is 0 Å². The van der Waals surface area contributed by atoms with E-state index in [9.17, 15) is 33.4 Å². The number of carbonyl (C=O) groups is 1. The van der Waals surface area contributed by atoms with E-state index in [-0.39, 0.29) is 10.5 Å². The molecule has 0 saturated carbocycles. The molecule has 0 atom stereocenters. The van der Waals surface area contributed by atoms with E-state index < -0.39 is 37.0 Å². The van der Waals surface area contributed by atoms with Crippen LogP contribution in [0.15, 0.2) is 41.3 Å². The van der Waals surface area contributed by atoms with Crippen LogP contribution in [0, 0.1) is 20.2 Å². The molecule has 28 heavy (non-hydrogen) atoms. The monoisotopic (exact) mass is 405 g/mol. The number of rotatable bonds is 4. The summed E-state index contributed by atoms with van der Waals surface area (Å²) in [6, 6.07) is 7.17. The molecule has 0 radical (unpaired) electrons. The van der Waals surface area contributed by atoms with Crippen molar-refractivity contribution < 1.29 is 23.1 Å². The largest absolute Gasteiger partial charge is 0.308 e. The molecule has 0 bridgehead atoms. The standard InChI is InChI=1S/C17H15N3O7S/c1-28(26,27)15-4-5-16-11(9-15)3-2-6-18(16)17(21)12-7-13(19(22)23)10-14(8-12)20(24)25/h4-5,7-10H,2-3,6H2,1H3. The van der Waals surface area contributed by atoms with Crippen molar-refractivity contribution in [3.05, 3.63) is 67.8 Å². The summed E-state index contributed by atoms with van der Waals surface area (Å²) < 4.78 is 23.5. The van der Waals surface area contributed by atoms with Gasteiger partial charge in [-0.25, -0.2) is 8.42 Å². The maximum Gasteiger partial charge on any atom is 0.277 e. The van der Waals surface area contributed by atoms with Crippen LogP contribution in [-0.2, 0) is 16.3 Å². The third-order valence-electron chi connectivity index (χ3n) is 4.41. The minimum absolute atomic E-state index is 0.131. The van der Waals surface area contributed by atoms with E-state index in [1.54, 1.807) is 0 Å². The second-order valence-corrected chi connectivity index (χ2v) is 8.39. The van der Waals surface area contributed by atoms with Crippen molar-refractivity contribution in [2.75, 3.05) is 17.7 Å². The fourth-order valence-corrected chi connectivity index (χ4v) is 3.77. The van der Waals surface area contributed by atoms with Crippen LogP contribution < -0.4 is 4.90 Å². The van der Waals surface area contributed by atoms with Crippen LogP contribution in [0.3, 0.4) is 0 Å². The molecule has 0 saturated heterocycles. The van der Waals surface area contributed by atoms with Gasteiger partial charge in [0.15, 0.2) is 9.84 Å². The lowest BCUT2D eigenvalue weighted by Crippen LogP contribution is -2.35. The molecule has 0 aromatic heterocycles. The topological polar surface area (TPSA) is 141 Å². The summed E-state index contributed by atoms with van der Waals surface area (Å²) in [4.78, 5) is 35.0. The molecular weight excluding hydrogens is 390 g/mol. The van der Waals surface area contributed by atoms with E-state index in [2.05, 4.69) is 0 Å². The number of carbonyl (C=O) groups excluding carboxylic acids is 1. The minimum atomic E-state index is -3.41. The third kappa shape index (κ3) is 3.69. The summed E-state index contributed by atoms with van der Waals surface area (Å²) in [5, 5.41) is 22.1. The number of sulfone groups is 1. The summed E-state index contributed by atoms with van der Waals surface area (Å²) in [5.41, 5.74) is -0.148. The number of hydrogen-bond donors (Lipinski definition) is 0. The van der Waals surface area contributed by atoms with E-state index in [0.717, 1.165) is 24.5 Å².